The zero-order valence-electron chi connectivity index (χ0n) is 11.3. The van der Waals surface area contributed by atoms with Crippen molar-refractivity contribution in [2.24, 2.45) is 0 Å². The molecule has 0 radical (unpaired) electrons. The first-order chi connectivity index (χ1) is 9.60. The Bertz CT molecular complexity index is 577. The molecule has 2 aromatic rings. The van der Waals surface area contributed by atoms with E-state index >= 15 is 0 Å². The van der Waals surface area contributed by atoms with Crippen LogP contribution in [0.1, 0.15) is 17.4 Å². The Morgan fingerprint density at radius 1 is 1.45 bits per heavy atom. The third kappa shape index (κ3) is 3.36. The minimum absolute atomic E-state index is 0.110. The van der Waals surface area contributed by atoms with E-state index in [0.29, 0.717) is 12.4 Å². The second-order valence-corrected chi connectivity index (χ2v) is 4.45. The lowest BCUT2D eigenvalue weighted by atomic mass is 10.1. The molecular weight excluding hydrogens is 260 g/mol. The number of benzene rings is 1. The summed E-state index contributed by atoms with van der Waals surface area (Å²) in [5.41, 5.74) is 0.940. The van der Waals surface area contributed by atoms with Crippen molar-refractivity contribution in [2.45, 2.75) is 13.0 Å². The van der Waals surface area contributed by atoms with Crippen LogP contribution < -0.4 is 5.32 Å². The molecule has 2 rings (SSSR count). The van der Waals surface area contributed by atoms with Crippen molar-refractivity contribution in [2.75, 3.05) is 13.7 Å². The second kappa shape index (κ2) is 6.21. The Balaban J connectivity index is 2.08. The first-order valence-corrected chi connectivity index (χ1v) is 6.16. The second-order valence-electron chi connectivity index (χ2n) is 4.45. The summed E-state index contributed by atoms with van der Waals surface area (Å²) >= 11 is 0. The molecule has 0 spiro atoms. The van der Waals surface area contributed by atoms with Crippen molar-refractivity contribution in [3.63, 3.8) is 0 Å². The lowest BCUT2D eigenvalue weighted by Crippen LogP contribution is -2.35. The van der Waals surface area contributed by atoms with E-state index < -0.39 is 0 Å². The number of nitrogens with one attached hydrogen (secondary N) is 1. The van der Waals surface area contributed by atoms with Crippen LogP contribution in [0, 0.1) is 0 Å². The topological polar surface area (TPSA) is 84.6 Å². The van der Waals surface area contributed by atoms with Gasteiger partial charge in [0.05, 0.1) is 6.61 Å². The number of aromatic hydroxyl groups is 1. The van der Waals surface area contributed by atoms with Crippen molar-refractivity contribution in [1.82, 2.24) is 10.5 Å². The van der Waals surface area contributed by atoms with E-state index in [1.807, 2.05) is 6.92 Å². The van der Waals surface area contributed by atoms with E-state index in [9.17, 15) is 9.90 Å². The third-order valence-corrected chi connectivity index (χ3v) is 2.69. The molecule has 6 nitrogen and oxygen atoms in total. The molecule has 1 aromatic carbocycles. The number of hydrogen-bond donors (Lipinski definition) is 2. The van der Waals surface area contributed by atoms with Crippen LogP contribution in [0.5, 0.6) is 5.75 Å². The summed E-state index contributed by atoms with van der Waals surface area (Å²) in [5, 5.41) is 15.7. The molecule has 0 saturated carbocycles. The molecule has 1 unspecified atom stereocenters. The zero-order chi connectivity index (χ0) is 14.5. The monoisotopic (exact) mass is 276 g/mol. The molecular formula is C14H16N2O4. The predicted octanol–water partition coefficient (Wildman–Crippen LogP) is 1.81. The summed E-state index contributed by atoms with van der Waals surface area (Å²) in [7, 11) is 1.57. The van der Waals surface area contributed by atoms with Crippen LogP contribution >= 0.6 is 0 Å². The van der Waals surface area contributed by atoms with Gasteiger partial charge in [-0.15, -0.1) is 0 Å². The molecule has 0 aliphatic carbocycles. The fourth-order valence-corrected chi connectivity index (χ4v) is 1.73. The average Bonchev–Trinajstić information content (AvgIpc) is 2.89. The summed E-state index contributed by atoms with van der Waals surface area (Å²) in [6.45, 7) is 2.26. The molecule has 0 bridgehead atoms. The highest BCUT2D eigenvalue weighted by Gasteiger charge is 2.15. The van der Waals surface area contributed by atoms with E-state index in [0.717, 1.165) is 5.56 Å². The molecule has 106 valence electrons. The van der Waals surface area contributed by atoms with Crippen LogP contribution in [0.4, 0.5) is 0 Å². The number of ether oxygens (including phenoxy) is 1. The van der Waals surface area contributed by atoms with Crippen LogP contribution in [-0.2, 0) is 4.74 Å². The molecule has 0 saturated heterocycles. The highest BCUT2D eigenvalue weighted by Crippen LogP contribution is 2.22. The summed E-state index contributed by atoms with van der Waals surface area (Å²) in [4.78, 5) is 11.9. The molecule has 6 heteroatoms. The SMILES string of the molecule is COCC(C)NC(=O)c1cc(-c2ccc(O)cc2)on1. The van der Waals surface area contributed by atoms with Crippen LogP contribution in [0.15, 0.2) is 34.9 Å². The molecule has 1 aromatic heterocycles. The maximum Gasteiger partial charge on any atom is 0.273 e. The maximum atomic E-state index is 11.9. The van der Waals surface area contributed by atoms with Crippen LogP contribution in [0.25, 0.3) is 11.3 Å². The van der Waals surface area contributed by atoms with Crippen molar-refractivity contribution >= 4 is 5.91 Å². The van der Waals surface area contributed by atoms with Crippen LogP contribution in [0.2, 0.25) is 0 Å². The van der Waals surface area contributed by atoms with Crippen LogP contribution in [-0.4, -0.2) is 35.9 Å². The Morgan fingerprint density at radius 2 is 2.15 bits per heavy atom. The van der Waals surface area contributed by atoms with Gasteiger partial charge in [-0.2, -0.15) is 0 Å². The fraction of sp³-hybridized carbons (Fsp3) is 0.286. The van der Waals surface area contributed by atoms with Gasteiger partial charge in [0, 0.05) is 24.8 Å². The number of phenolic OH excluding ortho intramolecular Hbond substituents is 1. The van der Waals surface area contributed by atoms with Crippen molar-refractivity contribution in [1.29, 1.82) is 0 Å². The number of carbonyl (C=O) groups excluding carboxylic acids is 1. The van der Waals surface area contributed by atoms with Gasteiger partial charge in [-0.25, -0.2) is 0 Å². The molecule has 0 aliphatic rings. The Morgan fingerprint density at radius 3 is 2.80 bits per heavy atom. The number of phenols is 1. The first-order valence-electron chi connectivity index (χ1n) is 6.16. The molecule has 0 aliphatic heterocycles. The van der Waals surface area contributed by atoms with Gasteiger partial charge in [0.2, 0.25) is 0 Å². The van der Waals surface area contributed by atoms with E-state index in [1.54, 1.807) is 25.3 Å². The Hall–Kier alpha value is -2.34. The van der Waals surface area contributed by atoms with Gasteiger partial charge in [-0.05, 0) is 31.2 Å². The lowest BCUT2D eigenvalue weighted by molar-refractivity contribution is 0.0896. The highest BCUT2D eigenvalue weighted by molar-refractivity contribution is 5.93. The first kappa shape index (κ1) is 14.1. The third-order valence-electron chi connectivity index (χ3n) is 2.69. The van der Waals surface area contributed by atoms with Gasteiger partial charge in [0.1, 0.15) is 5.75 Å². The van der Waals surface area contributed by atoms with E-state index in [2.05, 4.69) is 10.5 Å². The van der Waals surface area contributed by atoms with Crippen LogP contribution in [0.3, 0.4) is 0 Å². The summed E-state index contributed by atoms with van der Waals surface area (Å²) in [5.74, 6) is 0.317. The number of hydrogen-bond acceptors (Lipinski definition) is 5. The van der Waals surface area contributed by atoms with E-state index in [1.165, 1.54) is 12.1 Å². The molecule has 1 amide bonds. The number of methoxy groups -OCH3 is 1. The summed E-state index contributed by atoms with van der Waals surface area (Å²) < 4.78 is 10.1. The highest BCUT2D eigenvalue weighted by atomic mass is 16.5. The normalized spacial score (nSPS) is 12.1. The molecule has 1 heterocycles. The average molecular weight is 276 g/mol. The minimum Gasteiger partial charge on any atom is -0.508 e. The largest absolute Gasteiger partial charge is 0.508 e. The van der Waals surface area contributed by atoms with Gasteiger partial charge in [-0.3, -0.25) is 4.79 Å². The number of nitrogens with zero attached hydrogens (tertiary/aromatic N) is 1. The molecule has 20 heavy (non-hydrogen) atoms. The van der Waals surface area contributed by atoms with Gasteiger partial charge >= 0.3 is 0 Å². The summed E-state index contributed by atoms with van der Waals surface area (Å²) in [6, 6.07) is 7.90. The zero-order valence-corrected chi connectivity index (χ0v) is 11.3. The quantitative estimate of drug-likeness (QED) is 0.870. The Kier molecular flexibility index (Phi) is 4.37. The Labute approximate surface area is 116 Å². The van der Waals surface area contributed by atoms with E-state index in [-0.39, 0.29) is 23.4 Å². The van der Waals surface area contributed by atoms with Crippen molar-refractivity contribution in [3.05, 3.63) is 36.0 Å². The number of aromatic nitrogens is 1. The van der Waals surface area contributed by atoms with Crippen molar-refractivity contribution < 1.29 is 19.2 Å². The number of rotatable bonds is 5. The van der Waals surface area contributed by atoms with Gasteiger partial charge in [0.25, 0.3) is 5.91 Å². The number of carbonyl (C=O) groups is 1. The predicted molar refractivity (Wildman–Crippen MR) is 72.4 cm³/mol. The standard InChI is InChI=1S/C14H16N2O4/c1-9(8-19-2)15-14(18)12-7-13(20-16-12)10-3-5-11(17)6-4-10/h3-7,9,17H,8H2,1-2H3,(H,15,18). The lowest BCUT2D eigenvalue weighted by Gasteiger charge is -2.10. The smallest absolute Gasteiger partial charge is 0.273 e. The van der Waals surface area contributed by atoms with Gasteiger partial charge in [-0.1, -0.05) is 5.16 Å². The van der Waals surface area contributed by atoms with Crippen molar-refractivity contribution in [3.8, 4) is 17.1 Å². The molecule has 0 fully saturated rings. The summed E-state index contributed by atoms with van der Waals surface area (Å²) in [6.07, 6.45) is 0. The van der Waals surface area contributed by atoms with Gasteiger partial charge in [0.15, 0.2) is 11.5 Å². The fourth-order valence-electron chi connectivity index (χ4n) is 1.73. The molecule has 2 N–H and O–H groups in total. The van der Waals surface area contributed by atoms with Gasteiger partial charge < -0.3 is 19.7 Å². The minimum atomic E-state index is -0.316. The molecule has 1 atom stereocenters. The maximum absolute atomic E-state index is 11.9. The number of amides is 1. The van der Waals surface area contributed by atoms with E-state index in [4.69, 9.17) is 9.26 Å².